The van der Waals surface area contributed by atoms with Crippen LogP contribution in [0.3, 0.4) is 0 Å². The zero-order valence-corrected chi connectivity index (χ0v) is 9.71. The normalized spacial score (nSPS) is 14.8. The standard InChI is InChI=1S/C13H18F2O/c1-3-9(2)6-12(16)7-10-4-5-11(14)8-13(10)15/h4-5,8-9,12,16H,3,6-7H2,1-2H3. The molecule has 2 unspecified atom stereocenters. The molecule has 0 saturated heterocycles. The summed E-state index contributed by atoms with van der Waals surface area (Å²) in [4.78, 5) is 0. The lowest BCUT2D eigenvalue weighted by atomic mass is 9.96. The lowest BCUT2D eigenvalue weighted by Crippen LogP contribution is -2.15. The van der Waals surface area contributed by atoms with Gasteiger partial charge in [0.05, 0.1) is 6.10 Å². The summed E-state index contributed by atoms with van der Waals surface area (Å²) >= 11 is 0. The molecule has 0 fully saturated rings. The van der Waals surface area contributed by atoms with Crippen LogP contribution in [0.2, 0.25) is 0 Å². The molecule has 0 saturated carbocycles. The molecule has 90 valence electrons. The van der Waals surface area contributed by atoms with Gasteiger partial charge >= 0.3 is 0 Å². The first kappa shape index (κ1) is 13.1. The van der Waals surface area contributed by atoms with E-state index in [-0.39, 0.29) is 6.42 Å². The predicted molar refractivity (Wildman–Crippen MR) is 60.1 cm³/mol. The van der Waals surface area contributed by atoms with Gasteiger partial charge in [0.25, 0.3) is 0 Å². The van der Waals surface area contributed by atoms with Crippen molar-refractivity contribution in [3.05, 3.63) is 35.4 Å². The summed E-state index contributed by atoms with van der Waals surface area (Å²) in [5.41, 5.74) is 0.372. The molecule has 1 aromatic carbocycles. The Balaban J connectivity index is 2.59. The summed E-state index contributed by atoms with van der Waals surface area (Å²) in [6.07, 6.45) is 1.32. The Morgan fingerprint density at radius 1 is 1.31 bits per heavy atom. The Morgan fingerprint density at radius 3 is 2.56 bits per heavy atom. The first-order chi connectivity index (χ1) is 7.52. The van der Waals surface area contributed by atoms with Crippen molar-refractivity contribution in [2.75, 3.05) is 0 Å². The highest BCUT2D eigenvalue weighted by Gasteiger charge is 2.12. The number of hydrogen-bond donors (Lipinski definition) is 1. The quantitative estimate of drug-likeness (QED) is 0.819. The Morgan fingerprint density at radius 2 is 2.00 bits per heavy atom. The average molecular weight is 228 g/mol. The second-order valence-electron chi connectivity index (χ2n) is 4.34. The molecule has 1 nitrogen and oxygen atoms in total. The minimum absolute atomic E-state index is 0.246. The van der Waals surface area contributed by atoms with E-state index >= 15 is 0 Å². The van der Waals surface area contributed by atoms with E-state index in [0.29, 0.717) is 17.9 Å². The van der Waals surface area contributed by atoms with Gasteiger partial charge in [-0.2, -0.15) is 0 Å². The summed E-state index contributed by atoms with van der Waals surface area (Å²) in [5.74, 6) is -0.751. The lowest BCUT2D eigenvalue weighted by molar-refractivity contribution is 0.143. The number of aliphatic hydroxyl groups is 1. The molecule has 0 aromatic heterocycles. The Labute approximate surface area is 95.1 Å². The highest BCUT2D eigenvalue weighted by molar-refractivity contribution is 5.19. The fourth-order valence-electron chi connectivity index (χ4n) is 1.66. The third kappa shape index (κ3) is 3.89. The fraction of sp³-hybridized carbons (Fsp3) is 0.538. The molecule has 0 radical (unpaired) electrons. The molecule has 0 bridgehead atoms. The fourth-order valence-corrected chi connectivity index (χ4v) is 1.66. The zero-order valence-electron chi connectivity index (χ0n) is 9.71. The molecule has 2 atom stereocenters. The SMILES string of the molecule is CCC(C)CC(O)Cc1ccc(F)cc1F. The van der Waals surface area contributed by atoms with E-state index in [1.165, 1.54) is 12.1 Å². The Kier molecular flexibility index (Phi) is 4.87. The number of hydrogen-bond acceptors (Lipinski definition) is 1. The summed E-state index contributed by atoms with van der Waals surface area (Å²) in [5, 5.41) is 9.74. The van der Waals surface area contributed by atoms with Crippen molar-refractivity contribution < 1.29 is 13.9 Å². The van der Waals surface area contributed by atoms with E-state index in [1.54, 1.807) is 0 Å². The molecule has 16 heavy (non-hydrogen) atoms. The van der Waals surface area contributed by atoms with Crippen molar-refractivity contribution in [3.8, 4) is 0 Å². The smallest absolute Gasteiger partial charge is 0.129 e. The van der Waals surface area contributed by atoms with Crippen LogP contribution in [0.15, 0.2) is 18.2 Å². The molecule has 0 aliphatic carbocycles. The van der Waals surface area contributed by atoms with Gasteiger partial charge in [-0.05, 0) is 24.0 Å². The van der Waals surface area contributed by atoms with Crippen LogP contribution in [-0.4, -0.2) is 11.2 Å². The van der Waals surface area contributed by atoms with Gasteiger partial charge in [0.1, 0.15) is 11.6 Å². The number of benzene rings is 1. The minimum Gasteiger partial charge on any atom is -0.393 e. The van der Waals surface area contributed by atoms with E-state index < -0.39 is 17.7 Å². The second-order valence-corrected chi connectivity index (χ2v) is 4.34. The van der Waals surface area contributed by atoms with Crippen LogP contribution in [0.1, 0.15) is 32.3 Å². The second kappa shape index (κ2) is 5.94. The highest BCUT2D eigenvalue weighted by atomic mass is 19.1. The van der Waals surface area contributed by atoms with Gasteiger partial charge in [-0.3, -0.25) is 0 Å². The molecule has 0 aliphatic heterocycles. The maximum absolute atomic E-state index is 13.3. The van der Waals surface area contributed by atoms with Crippen LogP contribution in [0.4, 0.5) is 8.78 Å². The monoisotopic (exact) mass is 228 g/mol. The lowest BCUT2D eigenvalue weighted by Gasteiger charge is -2.15. The van der Waals surface area contributed by atoms with Crippen LogP contribution in [-0.2, 0) is 6.42 Å². The molecule has 1 aromatic rings. The number of aliphatic hydroxyl groups excluding tert-OH is 1. The van der Waals surface area contributed by atoms with Gasteiger partial charge in [0, 0.05) is 12.5 Å². The molecule has 0 spiro atoms. The summed E-state index contributed by atoms with van der Waals surface area (Å²) in [6.45, 7) is 4.10. The van der Waals surface area contributed by atoms with Gasteiger partial charge in [-0.1, -0.05) is 26.3 Å². The molecule has 0 amide bonds. The van der Waals surface area contributed by atoms with E-state index in [4.69, 9.17) is 0 Å². The molecule has 1 rings (SSSR count). The maximum atomic E-state index is 13.3. The molecule has 0 aliphatic rings. The van der Waals surface area contributed by atoms with E-state index in [2.05, 4.69) is 6.92 Å². The van der Waals surface area contributed by atoms with Crippen LogP contribution >= 0.6 is 0 Å². The molecule has 3 heteroatoms. The van der Waals surface area contributed by atoms with Crippen molar-refractivity contribution >= 4 is 0 Å². The van der Waals surface area contributed by atoms with Crippen LogP contribution in [0, 0.1) is 17.6 Å². The molecular weight excluding hydrogens is 210 g/mol. The van der Waals surface area contributed by atoms with Crippen molar-refractivity contribution in [3.63, 3.8) is 0 Å². The highest BCUT2D eigenvalue weighted by Crippen LogP contribution is 2.16. The Hall–Kier alpha value is -0.960. The van der Waals surface area contributed by atoms with E-state index in [1.807, 2.05) is 6.92 Å². The molecular formula is C13H18F2O. The van der Waals surface area contributed by atoms with E-state index in [9.17, 15) is 13.9 Å². The topological polar surface area (TPSA) is 20.2 Å². The molecule has 1 N–H and O–H groups in total. The molecule has 0 heterocycles. The van der Waals surface area contributed by atoms with Crippen LogP contribution in [0.25, 0.3) is 0 Å². The first-order valence-electron chi connectivity index (χ1n) is 5.65. The van der Waals surface area contributed by atoms with Crippen molar-refractivity contribution in [1.82, 2.24) is 0 Å². The van der Waals surface area contributed by atoms with Crippen molar-refractivity contribution in [1.29, 1.82) is 0 Å². The first-order valence-corrected chi connectivity index (χ1v) is 5.65. The van der Waals surface area contributed by atoms with E-state index in [0.717, 1.165) is 12.5 Å². The van der Waals surface area contributed by atoms with Crippen LogP contribution < -0.4 is 0 Å². The van der Waals surface area contributed by atoms with Gasteiger partial charge in [0.2, 0.25) is 0 Å². The predicted octanol–water partition coefficient (Wildman–Crippen LogP) is 3.30. The summed E-state index contributed by atoms with van der Waals surface area (Å²) in [7, 11) is 0. The van der Waals surface area contributed by atoms with Gasteiger partial charge in [-0.15, -0.1) is 0 Å². The van der Waals surface area contributed by atoms with Gasteiger partial charge in [0.15, 0.2) is 0 Å². The van der Waals surface area contributed by atoms with Gasteiger partial charge in [-0.25, -0.2) is 8.78 Å². The average Bonchev–Trinajstić information content (AvgIpc) is 2.22. The third-order valence-electron chi connectivity index (χ3n) is 2.84. The summed E-state index contributed by atoms with van der Waals surface area (Å²) in [6, 6.07) is 3.46. The maximum Gasteiger partial charge on any atom is 0.129 e. The zero-order chi connectivity index (χ0) is 12.1. The van der Waals surface area contributed by atoms with Crippen molar-refractivity contribution in [2.45, 2.75) is 39.2 Å². The largest absolute Gasteiger partial charge is 0.393 e. The van der Waals surface area contributed by atoms with Gasteiger partial charge < -0.3 is 5.11 Å². The minimum atomic E-state index is -0.585. The third-order valence-corrected chi connectivity index (χ3v) is 2.84. The number of rotatable bonds is 5. The Bertz CT molecular complexity index is 339. The van der Waals surface area contributed by atoms with Crippen molar-refractivity contribution in [2.24, 2.45) is 5.92 Å². The number of halogens is 2. The van der Waals surface area contributed by atoms with Crippen LogP contribution in [0.5, 0.6) is 0 Å². The summed E-state index contributed by atoms with van der Waals surface area (Å²) < 4.78 is 25.9.